The van der Waals surface area contributed by atoms with Gasteiger partial charge >= 0.3 is 0 Å². The summed E-state index contributed by atoms with van der Waals surface area (Å²) in [6.07, 6.45) is 8.01. The minimum absolute atomic E-state index is 0.321. The van der Waals surface area contributed by atoms with Crippen molar-refractivity contribution >= 4 is 22.3 Å². The van der Waals surface area contributed by atoms with Crippen LogP contribution >= 0.6 is 15.9 Å². The van der Waals surface area contributed by atoms with Crippen molar-refractivity contribution in [2.75, 3.05) is 0 Å². The van der Waals surface area contributed by atoms with Gasteiger partial charge in [0, 0.05) is 4.48 Å². The number of rotatable bonds is 0. The molecule has 1 N–H and O–H groups in total. The SMILES string of the molecule is BrC1=CC2NC=NC2C=C1. The first-order valence-electron chi connectivity index (χ1n) is 3.19. The number of aliphatic imine (C=N–C) groups is 1. The van der Waals surface area contributed by atoms with Crippen LogP contribution in [0.25, 0.3) is 0 Å². The van der Waals surface area contributed by atoms with Gasteiger partial charge in [0.2, 0.25) is 0 Å². The zero-order valence-electron chi connectivity index (χ0n) is 5.29. The predicted molar refractivity (Wildman–Crippen MR) is 45.4 cm³/mol. The fourth-order valence-corrected chi connectivity index (χ4v) is 1.58. The summed E-state index contributed by atoms with van der Waals surface area (Å²) in [6.45, 7) is 0. The summed E-state index contributed by atoms with van der Waals surface area (Å²) in [5.41, 5.74) is 0. The molecule has 10 heavy (non-hydrogen) atoms. The Morgan fingerprint density at radius 1 is 1.60 bits per heavy atom. The third-order valence-electron chi connectivity index (χ3n) is 1.67. The average molecular weight is 199 g/mol. The Morgan fingerprint density at radius 3 is 3.40 bits per heavy atom. The highest BCUT2D eigenvalue weighted by Gasteiger charge is 2.21. The van der Waals surface area contributed by atoms with Crippen LogP contribution < -0.4 is 5.32 Å². The molecule has 3 heteroatoms. The van der Waals surface area contributed by atoms with Crippen molar-refractivity contribution in [1.29, 1.82) is 0 Å². The summed E-state index contributed by atoms with van der Waals surface area (Å²) in [4.78, 5) is 4.20. The molecule has 0 amide bonds. The van der Waals surface area contributed by atoms with Crippen LogP contribution in [0.4, 0.5) is 0 Å². The summed E-state index contributed by atoms with van der Waals surface area (Å²) < 4.78 is 1.13. The van der Waals surface area contributed by atoms with E-state index in [0.717, 1.165) is 4.48 Å². The van der Waals surface area contributed by atoms with E-state index in [2.05, 4.69) is 38.4 Å². The van der Waals surface area contributed by atoms with Gasteiger partial charge in [0.1, 0.15) is 0 Å². The van der Waals surface area contributed by atoms with E-state index in [1.54, 1.807) is 6.34 Å². The Kier molecular flexibility index (Phi) is 1.38. The van der Waals surface area contributed by atoms with Crippen molar-refractivity contribution in [3.05, 3.63) is 22.7 Å². The molecule has 0 spiro atoms. The Bertz CT molecular complexity index is 230. The molecule has 1 aliphatic carbocycles. The van der Waals surface area contributed by atoms with E-state index >= 15 is 0 Å². The zero-order valence-corrected chi connectivity index (χ0v) is 6.88. The molecule has 2 unspecified atom stereocenters. The van der Waals surface area contributed by atoms with Crippen LogP contribution in [0.15, 0.2) is 27.7 Å². The first kappa shape index (κ1) is 6.16. The molecule has 2 nitrogen and oxygen atoms in total. The molecule has 0 radical (unpaired) electrons. The highest BCUT2D eigenvalue weighted by molar-refractivity contribution is 9.11. The molecule has 52 valence electrons. The Balaban J connectivity index is 2.25. The summed E-state index contributed by atoms with van der Waals surface area (Å²) >= 11 is 3.40. The van der Waals surface area contributed by atoms with E-state index in [9.17, 15) is 0 Å². The minimum Gasteiger partial charge on any atom is -0.368 e. The van der Waals surface area contributed by atoms with Crippen molar-refractivity contribution in [2.45, 2.75) is 12.1 Å². The van der Waals surface area contributed by atoms with Gasteiger partial charge < -0.3 is 5.32 Å². The van der Waals surface area contributed by atoms with E-state index in [0.29, 0.717) is 12.1 Å². The number of allylic oxidation sites excluding steroid dienone is 2. The molecule has 1 aliphatic heterocycles. The molecule has 2 aliphatic rings. The maximum absolute atomic E-state index is 4.20. The number of hydrogen-bond acceptors (Lipinski definition) is 2. The normalized spacial score (nSPS) is 35.1. The maximum atomic E-state index is 4.20. The number of nitrogens with one attached hydrogen (secondary N) is 1. The van der Waals surface area contributed by atoms with Crippen LogP contribution in [0, 0.1) is 0 Å². The monoisotopic (exact) mass is 198 g/mol. The van der Waals surface area contributed by atoms with E-state index < -0.39 is 0 Å². The van der Waals surface area contributed by atoms with Crippen LogP contribution in [0.1, 0.15) is 0 Å². The van der Waals surface area contributed by atoms with E-state index in [1.807, 2.05) is 6.08 Å². The number of halogens is 1. The second-order valence-corrected chi connectivity index (χ2v) is 3.29. The van der Waals surface area contributed by atoms with Gasteiger partial charge in [-0.3, -0.25) is 4.99 Å². The Morgan fingerprint density at radius 2 is 2.50 bits per heavy atom. The van der Waals surface area contributed by atoms with E-state index in [4.69, 9.17) is 0 Å². The van der Waals surface area contributed by atoms with Crippen LogP contribution in [0.3, 0.4) is 0 Å². The molecule has 2 atom stereocenters. The third kappa shape index (κ3) is 0.904. The topological polar surface area (TPSA) is 24.4 Å². The van der Waals surface area contributed by atoms with Crippen molar-refractivity contribution in [3.63, 3.8) is 0 Å². The second-order valence-electron chi connectivity index (χ2n) is 2.37. The molecule has 0 aromatic rings. The molecule has 0 aromatic carbocycles. The van der Waals surface area contributed by atoms with Gasteiger partial charge in [-0.25, -0.2) is 0 Å². The molecule has 2 rings (SSSR count). The number of hydrogen-bond donors (Lipinski definition) is 1. The molecule has 0 saturated carbocycles. The van der Waals surface area contributed by atoms with Crippen LogP contribution in [-0.4, -0.2) is 18.4 Å². The van der Waals surface area contributed by atoms with Gasteiger partial charge in [-0.2, -0.15) is 0 Å². The fourth-order valence-electron chi connectivity index (χ4n) is 1.14. The first-order valence-corrected chi connectivity index (χ1v) is 3.99. The molecule has 0 aromatic heterocycles. The van der Waals surface area contributed by atoms with Crippen LogP contribution in [-0.2, 0) is 0 Å². The first-order chi connectivity index (χ1) is 4.86. The van der Waals surface area contributed by atoms with Crippen molar-refractivity contribution in [2.24, 2.45) is 4.99 Å². The highest BCUT2D eigenvalue weighted by Crippen LogP contribution is 2.19. The molecule has 0 saturated heterocycles. The van der Waals surface area contributed by atoms with Crippen LogP contribution in [0.5, 0.6) is 0 Å². The summed E-state index contributed by atoms with van der Waals surface area (Å²) in [5.74, 6) is 0. The lowest BCUT2D eigenvalue weighted by Crippen LogP contribution is -2.29. The molecule has 1 heterocycles. The molecule has 0 bridgehead atoms. The predicted octanol–water partition coefficient (Wildman–Crippen LogP) is 1.20. The average Bonchev–Trinajstić information content (AvgIpc) is 2.33. The largest absolute Gasteiger partial charge is 0.368 e. The smallest absolute Gasteiger partial charge is 0.0938 e. The maximum Gasteiger partial charge on any atom is 0.0938 e. The van der Waals surface area contributed by atoms with E-state index in [-0.39, 0.29) is 0 Å². The summed E-state index contributed by atoms with van der Waals surface area (Å²) in [6, 6.07) is 0.695. The minimum atomic E-state index is 0.321. The summed E-state index contributed by atoms with van der Waals surface area (Å²) in [5, 5.41) is 3.14. The Hall–Kier alpha value is -0.570. The van der Waals surface area contributed by atoms with Crippen molar-refractivity contribution in [3.8, 4) is 0 Å². The molecular weight excluding hydrogens is 192 g/mol. The van der Waals surface area contributed by atoms with Crippen LogP contribution in [0.2, 0.25) is 0 Å². The highest BCUT2D eigenvalue weighted by atomic mass is 79.9. The lowest BCUT2D eigenvalue weighted by Gasteiger charge is -2.14. The van der Waals surface area contributed by atoms with Gasteiger partial charge in [0.05, 0.1) is 18.4 Å². The van der Waals surface area contributed by atoms with Gasteiger partial charge in [0.25, 0.3) is 0 Å². The number of nitrogens with zero attached hydrogens (tertiary/aromatic N) is 1. The van der Waals surface area contributed by atoms with Gasteiger partial charge in [-0.15, -0.1) is 0 Å². The lowest BCUT2D eigenvalue weighted by molar-refractivity contribution is 0.695. The quantitative estimate of drug-likeness (QED) is 0.622. The molecule has 0 fully saturated rings. The van der Waals surface area contributed by atoms with Gasteiger partial charge in [0.15, 0.2) is 0 Å². The zero-order chi connectivity index (χ0) is 6.97. The molecular formula is C7H7BrN2. The second kappa shape index (κ2) is 2.23. The lowest BCUT2D eigenvalue weighted by atomic mass is 10.1. The Labute approximate surface area is 67.9 Å². The van der Waals surface area contributed by atoms with E-state index in [1.165, 1.54) is 0 Å². The third-order valence-corrected chi connectivity index (χ3v) is 2.20. The van der Waals surface area contributed by atoms with Crippen molar-refractivity contribution < 1.29 is 0 Å². The summed E-state index contributed by atoms with van der Waals surface area (Å²) in [7, 11) is 0. The standard InChI is InChI=1S/C7H7BrN2/c8-5-1-2-6-7(3-5)10-4-9-6/h1-4,6-7H,(H,9,10). The fraction of sp³-hybridized carbons (Fsp3) is 0.286. The van der Waals surface area contributed by atoms with Gasteiger partial charge in [-0.1, -0.05) is 28.1 Å². The number of fused-ring (bicyclic) bond motifs is 1. The van der Waals surface area contributed by atoms with Gasteiger partial charge in [-0.05, 0) is 6.08 Å². The van der Waals surface area contributed by atoms with Crippen molar-refractivity contribution in [1.82, 2.24) is 5.32 Å².